The Morgan fingerprint density at radius 2 is 1.88 bits per heavy atom. The van der Waals surface area contributed by atoms with E-state index in [9.17, 15) is 27.9 Å². The van der Waals surface area contributed by atoms with Crippen molar-refractivity contribution in [3.8, 4) is 0 Å². The minimum atomic E-state index is -5.39. The molecule has 0 aromatic carbocycles. The number of ether oxygens (including phenoxy) is 2. The Morgan fingerprint density at radius 3 is 2.29 bits per heavy atom. The Balaban J connectivity index is 3.65. The van der Waals surface area contributed by atoms with Gasteiger partial charge in [0.25, 0.3) is 5.60 Å². The SMILES string of the molecule is COC(=O)c1cc(C(O)(C(=O)OC)C(F)(F)F)c(/N=C/N(C)C)s1. The molecule has 0 radical (unpaired) electrons. The lowest BCUT2D eigenvalue weighted by Crippen LogP contribution is -2.49. The Hall–Kier alpha value is -2.14. The number of aliphatic hydroxyl groups is 1. The van der Waals surface area contributed by atoms with E-state index in [0.717, 1.165) is 13.4 Å². The molecule has 11 heteroatoms. The molecule has 7 nitrogen and oxygen atoms in total. The van der Waals surface area contributed by atoms with Gasteiger partial charge in [-0.3, -0.25) is 0 Å². The van der Waals surface area contributed by atoms with Gasteiger partial charge in [0.05, 0.1) is 20.6 Å². The molecule has 24 heavy (non-hydrogen) atoms. The van der Waals surface area contributed by atoms with Crippen LogP contribution in [0.15, 0.2) is 11.1 Å². The molecule has 1 heterocycles. The Labute approximate surface area is 139 Å². The Kier molecular flexibility index (Phi) is 5.95. The average Bonchev–Trinajstić information content (AvgIpc) is 2.93. The second kappa shape index (κ2) is 7.18. The van der Waals surface area contributed by atoms with Crippen LogP contribution in [0.5, 0.6) is 0 Å². The predicted molar refractivity (Wildman–Crippen MR) is 79.5 cm³/mol. The zero-order valence-corrected chi connectivity index (χ0v) is 14.0. The van der Waals surface area contributed by atoms with Crippen molar-refractivity contribution >= 4 is 34.6 Å². The molecule has 1 atom stereocenters. The maximum absolute atomic E-state index is 13.4. The second-order valence-corrected chi connectivity index (χ2v) is 5.76. The summed E-state index contributed by atoms with van der Waals surface area (Å²) in [6, 6.07) is 0.712. The van der Waals surface area contributed by atoms with E-state index in [0.29, 0.717) is 24.5 Å². The van der Waals surface area contributed by atoms with Gasteiger partial charge in [0.15, 0.2) is 0 Å². The lowest BCUT2D eigenvalue weighted by Gasteiger charge is -2.27. The lowest BCUT2D eigenvalue weighted by atomic mass is 9.94. The normalized spacial score (nSPS) is 14.3. The molecule has 0 spiro atoms. The van der Waals surface area contributed by atoms with Gasteiger partial charge in [-0.1, -0.05) is 0 Å². The van der Waals surface area contributed by atoms with Crippen LogP contribution in [0.1, 0.15) is 15.2 Å². The molecule has 0 amide bonds. The molecule has 1 rings (SSSR count). The van der Waals surface area contributed by atoms with Gasteiger partial charge >= 0.3 is 18.1 Å². The van der Waals surface area contributed by atoms with E-state index in [4.69, 9.17) is 0 Å². The van der Waals surface area contributed by atoms with E-state index in [2.05, 4.69) is 14.5 Å². The molecule has 0 aliphatic heterocycles. The van der Waals surface area contributed by atoms with Crippen LogP contribution >= 0.6 is 11.3 Å². The highest BCUT2D eigenvalue weighted by atomic mass is 32.1. The zero-order chi connectivity index (χ0) is 18.7. The van der Waals surface area contributed by atoms with Crippen LogP contribution in [0.25, 0.3) is 0 Å². The van der Waals surface area contributed by atoms with Gasteiger partial charge in [-0.2, -0.15) is 13.2 Å². The fraction of sp³-hybridized carbons (Fsp3) is 0.462. The molecule has 1 N–H and O–H groups in total. The van der Waals surface area contributed by atoms with E-state index in [1.165, 1.54) is 4.90 Å². The maximum atomic E-state index is 13.4. The monoisotopic (exact) mass is 368 g/mol. The van der Waals surface area contributed by atoms with Gasteiger partial charge in [-0.25, -0.2) is 14.6 Å². The van der Waals surface area contributed by atoms with E-state index in [1.54, 1.807) is 14.1 Å². The Morgan fingerprint density at radius 1 is 1.29 bits per heavy atom. The number of methoxy groups -OCH3 is 2. The van der Waals surface area contributed by atoms with Crippen molar-refractivity contribution < 1.29 is 37.3 Å². The lowest BCUT2D eigenvalue weighted by molar-refractivity contribution is -0.266. The van der Waals surface area contributed by atoms with Crippen LogP contribution in [0, 0.1) is 0 Å². The van der Waals surface area contributed by atoms with E-state index in [-0.39, 0.29) is 9.88 Å². The number of esters is 2. The number of aliphatic imine (C=N–C) groups is 1. The molecular weight excluding hydrogens is 353 g/mol. The third-order valence-electron chi connectivity index (χ3n) is 2.79. The average molecular weight is 368 g/mol. The van der Waals surface area contributed by atoms with Gasteiger partial charge in [0.1, 0.15) is 9.88 Å². The molecule has 0 saturated heterocycles. The fourth-order valence-electron chi connectivity index (χ4n) is 1.63. The van der Waals surface area contributed by atoms with E-state index < -0.39 is 29.3 Å². The van der Waals surface area contributed by atoms with Crippen LogP contribution < -0.4 is 0 Å². The van der Waals surface area contributed by atoms with Crippen molar-refractivity contribution in [2.75, 3.05) is 28.3 Å². The minimum Gasteiger partial charge on any atom is -0.466 e. The van der Waals surface area contributed by atoms with Crippen LogP contribution in [-0.2, 0) is 19.9 Å². The summed E-state index contributed by atoms with van der Waals surface area (Å²) in [7, 11) is 4.87. The summed E-state index contributed by atoms with van der Waals surface area (Å²) in [5.41, 5.74) is -4.88. The van der Waals surface area contributed by atoms with Crippen LogP contribution in [-0.4, -0.2) is 62.8 Å². The van der Waals surface area contributed by atoms with Crippen molar-refractivity contribution in [2.24, 2.45) is 4.99 Å². The third-order valence-corrected chi connectivity index (χ3v) is 3.81. The highest BCUT2D eigenvalue weighted by Crippen LogP contribution is 2.47. The summed E-state index contributed by atoms with van der Waals surface area (Å²) in [4.78, 5) is 28.2. The van der Waals surface area contributed by atoms with Crippen LogP contribution in [0.4, 0.5) is 18.2 Å². The van der Waals surface area contributed by atoms with Gasteiger partial charge in [0.2, 0.25) is 0 Å². The van der Waals surface area contributed by atoms with E-state index >= 15 is 0 Å². The zero-order valence-electron chi connectivity index (χ0n) is 13.2. The first-order chi connectivity index (χ1) is 11.0. The number of hydrogen-bond donors (Lipinski definition) is 1. The number of halogens is 3. The van der Waals surface area contributed by atoms with Gasteiger partial charge in [-0.15, -0.1) is 11.3 Å². The van der Waals surface area contributed by atoms with Gasteiger partial charge in [0, 0.05) is 19.7 Å². The van der Waals surface area contributed by atoms with Crippen LogP contribution in [0.2, 0.25) is 0 Å². The molecule has 1 unspecified atom stereocenters. The highest BCUT2D eigenvalue weighted by Gasteiger charge is 2.63. The molecule has 134 valence electrons. The molecule has 0 bridgehead atoms. The number of carbonyl (C=O) groups excluding carboxylic acids is 2. The quantitative estimate of drug-likeness (QED) is 0.483. The maximum Gasteiger partial charge on any atom is 0.432 e. The highest BCUT2D eigenvalue weighted by molar-refractivity contribution is 7.17. The van der Waals surface area contributed by atoms with Crippen molar-refractivity contribution in [3.05, 3.63) is 16.5 Å². The van der Waals surface area contributed by atoms with Crippen molar-refractivity contribution in [3.63, 3.8) is 0 Å². The number of alkyl halides is 3. The molecule has 0 aliphatic carbocycles. The first-order valence-corrected chi connectivity index (χ1v) is 7.11. The number of rotatable bonds is 5. The van der Waals surface area contributed by atoms with E-state index in [1.807, 2.05) is 0 Å². The summed E-state index contributed by atoms with van der Waals surface area (Å²) in [5, 5.41) is 9.69. The summed E-state index contributed by atoms with van der Waals surface area (Å²) >= 11 is 0.538. The summed E-state index contributed by atoms with van der Waals surface area (Å²) in [6.45, 7) is 0. The van der Waals surface area contributed by atoms with Crippen molar-refractivity contribution in [1.82, 2.24) is 4.90 Å². The molecule has 0 saturated carbocycles. The summed E-state index contributed by atoms with van der Waals surface area (Å²) < 4.78 is 48.7. The molecular formula is C13H15F3N2O5S. The topological polar surface area (TPSA) is 88.4 Å². The third kappa shape index (κ3) is 3.67. The first-order valence-electron chi connectivity index (χ1n) is 6.29. The first kappa shape index (κ1) is 19.9. The van der Waals surface area contributed by atoms with Gasteiger partial charge in [-0.05, 0) is 6.07 Å². The smallest absolute Gasteiger partial charge is 0.432 e. The van der Waals surface area contributed by atoms with Gasteiger partial charge < -0.3 is 19.5 Å². The molecule has 1 aromatic rings. The van der Waals surface area contributed by atoms with Crippen molar-refractivity contribution in [1.29, 1.82) is 0 Å². The molecule has 0 aliphatic rings. The largest absolute Gasteiger partial charge is 0.466 e. The summed E-state index contributed by atoms with van der Waals surface area (Å²) in [6.07, 6.45) is -4.23. The molecule has 0 fully saturated rings. The fourth-order valence-corrected chi connectivity index (χ4v) is 2.60. The predicted octanol–water partition coefficient (Wildman–Crippen LogP) is 1.68. The van der Waals surface area contributed by atoms with Crippen molar-refractivity contribution in [2.45, 2.75) is 11.8 Å². The second-order valence-electron chi connectivity index (χ2n) is 4.73. The molecule has 1 aromatic heterocycles. The minimum absolute atomic E-state index is 0.259. The number of nitrogens with zero attached hydrogens (tertiary/aromatic N) is 2. The number of thiophene rings is 1. The number of carbonyl (C=O) groups is 2. The number of hydrogen-bond acceptors (Lipinski definition) is 7. The summed E-state index contributed by atoms with van der Waals surface area (Å²) in [5.74, 6) is -2.87. The van der Waals surface area contributed by atoms with Crippen LogP contribution in [0.3, 0.4) is 0 Å². The Bertz CT molecular complexity index is 657. The standard InChI is InChI=1S/C13H15F3N2O5S/c1-18(2)6-17-9-7(5-8(24-9)10(19)22-3)12(21,11(20)23-4)13(14,15)16/h5-6,21H,1-4H3/b17-6+.